The zero-order valence-corrected chi connectivity index (χ0v) is 10.6. The SMILES string of the molecule is CC(NC(=O)CNC(=O)CS)C(=O)NCC(=O)O. The van der Waals surface area contributed by atoms with Crippen LogP contribution in [-0.4, -0.2) is 53.7 Å². The van der Waals surface area contributed by atoms with E-state index in [-0.39, 0.29) is 12.3 Å². The molecule has 0 saturated heterocycles. The van der Waals surface area contributed by atoms with Crippen molar-refractivity contribution in [3.8, 4) is 0 Å². The summed E-state index contributed by atoms with van der Waals surface area (Å²) in [4.78, 5) is 43.6. The van der Waals surface area contributed by atoms with E-state index in [2.05, 4.69) is 28.6 Å². The van der Waals surface area contributed by atoms with Gasteiger partial charge in [-0.05, 0) is 6.92 Å². The van der Waals surface area contributed by atoms with Gasteiger partial charge in [-0.1, -0.05) is 0 Å². The summed E-state index contributed by atoms with van der Waals surface area (Å²) < 4.78 is 0. The van der Waals surface area contributed by atoms with Gasteiger partial charge in [0.05, 0.1) is 12.3 Å². The van der Waals surface area contributed by atoms with Crippen LogP contribution >= 0.6 is 12.6 Å². The average Bonchev–Trinajstić information content (AvgIpc) is 2.32. The predicted octanol–water partition coefficient (Wildman–Crippen LogP) is -2.26. The second-order valence-electron chi connectivity index (χ2n) is 3.34. The van der Waals surface area contributed by atoms with E-state index < -0.39 is 36.3 Å². The molecule has 18 heavy (non-hydrogen) atoms. The fraction of sp³-hybridized carbons (Fsp3) is 0.556. The largest absolute Gasteiger partial charge is 0.480 e. The number of nitrogens with one attached hydrogen (secondary N) is 3. The van der Waals surface area contributed by atoms with E-state index in [0.717, 1.165) is 0 Å². The monoisotopic (exact) mass is 277 g/mol. The first-order chi connectivity index (χ1) is 8.36. The molecule has 0 aromatic rings. The maximum Gasteiger partial charge on any atom is 0.322 e. The van der Waals surface area contributed by atoms with E-state index in [0.29, 0.717) is 0 Å². The molecule has 0 aromatic carbocycles. The summed E-state index contributed by atoms with van der Waals surface area (Å²) in [6.45, 7) is 0.612. The van der Waals surface area contributed by atoms with Gasteiger partial charge in [0.1, 0.15) is 12.6 Å². The minimum absolute atomic E-state index is 0.0398. The summed E-state index contributed by atoms with van der Waals surface area (Å²) in [5, 5.41) is 15.0. The molecular formula is C9H15N3O5S. The normalized spacial score (nSPS) is 11.2. The first-order valence-corrected chi connectivity index (χ1v) is 5.66. The molecule has 3 amide bonds. The molecule has 0 radical (unpaired) electrons. The van der Waals surface area contributed by atoms with Gasteiger partial charge in [-0.3, -0.25) is 19.2 Å². The Hall–Kier alpha value is -1.77. The quantitative estimate of drug-likeness (QED) is 0.336. The van der Waals surface area contributed by atoms with Crippen LogP contribution < -0.4 is 16.0 Å². The van der Waals surface area contributed by atoms with Gasteiger partial charge in [0, 0.05) is 0 Å². The standard InChI is InChI=1S/C9H15N3O5S/c1-5(9(17)11-3-8(15)16)12-6(13)2-10-7(14)4-18/h5,18H,2-4H2,1H3,(H,10,14)(H,11,17)(H,12,13)(H,15,16). The number of hydrogen-bond donors (Lipinski definition) is 5. The third-order valence-corrected chi connectivity index (χ3v) is 2.06. The highest BCUT2D eigenvalue weighted by molar-refractivity contribution is 7.81. The highest BCUT2D eigenvalue weighted by Crippen LogP contribution is 1.82. The zero-order chi connectivity index (χ0) is 14.1. The highest BCUT2D eigenvalue weighted by Gasteiger charge is 2.16. The van der Waals surface area contributed by atoms with Crippen LogP contribution in [0.5, 0.6) is 0 Å². The summed E-state index contributed by atoms with van der Waals surface area (Å²) in [6.07, 6.45) is 0. The summed E-state index contributed by atoms with van der Waals surface area (Å²) in [7, 11) is 0. The topological polar surface area (TPSA) is 125 Å². The lowest BCUT2D eigenvalue weighted by Crippen LogP contribution is -2.48. The molecule has 0 aliphatic rings. The van der Waals surface area contributed by atoms with Crippen LogP contribution in [0.25, 0.3) is 0 Å². The Morgan fingerprint density at radius 1 is 1.11 bits per heavy atom. The molecule has 0 aliphatic carbocycles. The fourth-order valence-electron chi connectivity index (χ4n) is 0.909. The molecule has 102 valence electrons. The molecule has 1 unspecified atom stereocenters. The van der Waals surface area contributed by atoms with Crippen LogP contribution in [0.4, 0.5) is 0 Å². The second-order valence-corrected chi connectivity index (χ2v) is 3.65. The fourth-order valence-corrected chi connectivity index (χ4v) is 1.02. The Balaban J connectivity index is 3.95. The Morgan fingerprint density at radius 3 is 2.22 bits per heavy atom. The Kier molecular flexibility index (Phi) is 7.52. The number of carboxylic acid groups (broad SMARTS) is 1. The molecule has 0 rings (SSSR count). The van der Waals surface area contributed by atoms with Crippen molar-refractivity contribution in [3.05, 3.63) is 0 Å². The smallest absolute Gasteiger partial charge is 0.322 e. The van der Waals surface area contributed by atoms with Gasteiger partial charge >= 0.3 is 5.97 Å². The van der Waals surface area contributed by atoms with E-state index in [1.165, 1.54) is 6.92 Å². The average molecular weight is 277 g/mol. The van der Waals surface area contributed by atoms with Crippen molar-refractivity contribution in [1.29, 1.82) is 0 Å². The van der Waals surface area contributed by atoms with Crippen molar-refractivity contribution in [2.75, 3.05) is 18.8 Å². The maximum atomic E-state index is 11.3. The summed E-state index contributed by atoms with van der Waals surface area (Å²) >= 11 is 3.70. The van der Waals surface area contributed by atoms with Crippen LogP contribution in [0.3, 0.4) is 0 Å². The third kappa shape index (κ3) is 7.49. The Labute approximate surface area is 109 Å². The van der Waals surface area contributed by atoms with Gasteiger partial charge in [-0.15, -0.1) is 0 Å². The van der Waals surface area contributed by atoms with Crippen LogP contribution in [0, 0.1) is 0 Å². The first-order valence-electron chi connectivity index (χ1n) is 5.03. The number of hydrogen-bond acceptors (Lipinski definition) is 5. The number of carbonyl (C=O) groups is 4. The van der Waals surface area contributed by atoms with Crippen molar-refractivity contribution >= 4 is 36.3 Å². The van der Waals surface area contributed by atoms with E-state index in [1.807, 2.05) is 0 Å². The third-order valence-electron chi connectivity index (χ3n) is 1.77. The van der Waals surface area contributed by atoms with E-state index in [1.54, 1.807) is 0 Å². The van der Waals surface area contributed by atoms with E-state index in [4.69, 9.17) is 5.11 Å². The molecule has 0 aliphatic heterocycles. The van der Waals surface area contributed by atoms with Crippen LogP contribution in [0.2, 0.25) is 0 Å². The van der Waals surface area contributed by atoms with Crippen molar-refractivity contribution in [1.82, 2.24) is 16.0 Å². The molecule has 0 heterocycles. The summed E-state index contributed by atoms with van der Waals surface area (Å²) in [5.41, 5.74) is 0. The zero-order valence-electron chi connectivity index (χ0n) is 9.73. The van der Waals surface area contributed by atoms with Crippen LogP contribution in [0.15, 0.2) is 0 Å². The molecule has 9 heteroatoms. The molecule has 4 N–H and O–H groups in total. The molecule has 0 aromatic heterocycles. The second kappa shape index (κ2) is 8.34. The molecule has 8 nitrogen and oxygen atoms in total. The molecule has 0 bridgehead atoms. The van der Waals surface area contributed by atoms with Gasteiger partial charge in [0.2, 0.25) is 17.7 Å². The van der Waals surface area contributed by atoms with Gasteiger partial charge in [0.15, 0.2) is 0 Å². The lowest BCUT2D eigenvalue weighted by atomic mass is 10.3. The number of carboxylic acids is 1. The molecule has 0 spiro atoms. The van der Waals surface area contributed by atoms with Gasteiger partial charge in [-0.25, -0.2) is 0 Å². The van der Waals surface area contributed by atoms with Crippen molar-refractivity contribution in [2.24, 2.45) is 0 Å². The Bertz CT molecular complexity index is 347. The number of aliphatic carboxylic acids is 1. The summed E-state index contributed by atoms with van der Waals surface area (Å²) in [6, 6.07) is -0.884. The lowest BCUT2D eigenvalue weighted by molar-refractivity contribution is -0.138. The summed E-state index contributed by atoms with van der Waals surface area (Å²) in [5.74, 6) is -2.80. The number of rotatable bonds is 7. The Morgan fingerprint density at radius 2 is 1.72 bits per heavy atom. The molecule has 0 fully saturated rings. The van der Waals surface area contributed by atoms with Crippen LogP contribution in [0.1, 0.15) is 6.92 Å². The minimum atomic E-state index is -1.18. The number of amides is 3. The van der Waals surface area contributed by atoms with Gasteiger partial charge in [0.25, 0.3) is 0 Å². The molecular weight excluding hydrogens is 262 g/mol. The molecule has 0 saturated carbocycles. The number of carbonyl (C=O) groups excluding carboxylic acids is 3. The van der Waals surface area contributed by atoms with Crippen molar-refractivity contribution in [2.45, 2.75) is 13.0 Å². The minimum Gasteiger partial charge on any atom is -0.480 e. The predicted molar refractivity (Wildman–Crippen MR) is 65.1 cm³/mol. The first kappa shape index (κ1) is 16.2. The number of thiol groups is 1. The van der Waals surface area contributed by atoms with E-state index in [9.17, 15) is 19.2 Å². The highest BCUT2D eigenvalue weighted by atomic mass is 32.1. The van der Waals surface area contributed by atoms with Gasteiger partial charge in [-0.2, -0.15) is 12.6 Å². The maximum absolute atomic E-state index is 11.3. The van der Waals surface area contributed by atoms with Crippen molar-refractivity contribution in [3.63, 3.8) is 0 Å². The lowest BCUT2D eigenvalue weighted by Gasteiger charge is -2.13. The van der Waals surface area contributed by atoms with Crippen LogP contribution in [-0.2, 0) is 19.2 Å². The molecule has 1 atom stereocenters. The van der Waals surface area contributed by atoms with E-state index >= 15 is 0 Å². The van der Waals surface area contributed by atoms with Crippen molar-refractivity contribution < 1.29 is 24.3 Å². The van der Waals surface area contributed by atoms with Gasteiger partial charge < -0.3 is 21.1 Å².